The first-order valence-corrected chi connectivity index (χ1v) is 21.7. The average molecular weight is 794 g/mol. The van der Waals surface area contributed by atoms with E-state index in [2.05, 4.69) is 54.2 Å². The molecule has 9 heteroatoms. The zero-order valence-corrected chi connectivity index (χ0v) is 35.1. The highest BCUT2D eigenvalue weighted by atomic mass is 16.5. The number of aliphatic hydroxyl groups is 3. The van der Waals surface area contributed by atoms with E-state index < -0.39 is 23.3 Å². The first-order valence-electron chi connectivity index (χ1n) is 21.7. The number of hydrogen-bond acceptors (Lipinski definition) is 8. The predicted molar refractivity (Wildman–Crippen MR) is 229 cm³/mol. The predicted octanol–water partition coefficient (Wildman–Crippen LogP) is 6.38. The van der Waals surface area contributed by atoms with Crippen LogP contribution in [0.25, 0.3) is 0 Å². The number of aliphatic hydroxyl groups excluding tert-OH is 2. The number of carbonyl (C=O) groups excluding carboxylic acids is 2. The summed E-state index contributed by atoms with van der Waals surface area (Å²) in [6.07, 6.45) is 16.9. The lowest BCUT2D eigenvalue weighted by atomic mass is 9.52. The molecule has 5 aliphatic rings. The molecule has 9 nitrogen and oxygen atoms in total. The lowest BCUT2D eigenvalue weighted by Crippen LogP contribution is -2.59. The molecule has 2 heterocycles. The third-order valence-electron chi connectivity index (χ3n) is 14.2. The zero-order valence-electron chi connectivity index (χ0n) is 35.1. The molecule has 314 valence electrons. The molecule has 1 spiro atoms. The Morgan fingerprint density at radius 1 is 1.17 bits per heavy atom. The normalized spacial score (nSPS) is 32.0. The van der Waals surface area contributed by atoms with Crippen LogP contribution in [0.15, 0.2) is 76.9 Å². The van der Waals surface area contributed by atoms with Crippen molar-refractivity contribution < 1.29 is 29.6 Å². The second-order valence-corrected chi connectivity index (χ2v) is 17.9. The second kappa shape index (κ2) is 19.6. The van der Waals surface area contributed by atoms with Crippen molar-refractivity contribution in [1.29, 1.82) is 0 Å². The van der Waals surface area contributed by atoms with Crippen molar-refractivity contribution >= 4 is 11.7 Å². The highest BCUT2D eigenvalue weighted by Crippen LogP contribution is 2.63. The van der Waals surface area contributed by atoms with Crippen molar-refractivity contribution in [3.05, 3.63) is 93.6 Å². The standard InChI is InChI=1S/C49H67N3O6/c1-32-12-7-8-27-58-31-37(17-9-13-33(2)43(21-20-32)51-30-35-14-5-6-15-35)39-23-25-49(46(39)56)42(19-11-26-53)38(22-24-48(49,4)57)34(3)44(54)28-36-16-10-18-40-41(36)29-45(55)52-47(40)50/h9-10,13,16-18,20,35,39,42-43,46-47,51,53,56-57H,2,5-6,11-12,14-15,19,21-31,50H2,1,3-4H3,(H,52,55). The Kier molecular flexibility index (Phi) is 14.9. The van der Waals surface area contributed by atoms with Crippen LogP contribution in [-0.4, -0.2) is 71.1 Å². The molecule has 7 unspecified atom stereocenters. The fraction of sp³-hybridized carbons (Fsp3) is 0.592. The Morgan fingerprint density at radius 2 is 1.97 bits per heavy atom. The highest BCUT2D eigenvalue weighted by Gasteiger charge is 2.64. The molecule has 0 radical (unpaired) electrons. The Hall–Kier alpha value is -3.62. The maximum absolute atomic E-state index is 14.2. The van der Waals surface area contributed by atoms with Crippen molar-refractivity contribution in [3.8, 4) is 11.8 Å². The van der Waals surface area contributed by atoms with Gasteiger partial charge in [0.15, 0.2) is 5.78 Å². The minimum absolute atomic E-state index is 0.0345. The number of Topliss-reactive ketones (excluding diaryl/α,β-unsaturated/α-hetero) is 1. The van der Waals surface area contributed by atoms with Crippen LogP contribution in [0.4, 0.5) is 0 Å². The number of nitrogens with one attached hydrogen (secondary N) is 2. The molecular weight excluding hydrogens is 727 g/mol. The van der Waals surface area contributed by atoms with E-state index in [0.717, 1.165) is 46.4 Å². The van der Waals surface area contributed by atoms with Gasteiger partial charge in [-0.2, -0.15) is 0 Å². The summed E-state index contributed by atoms with van der Waals surface area (Å²) in [5.41, 5.74) is 11.2. The summed E-state index contributed by atoms with van der Waals surface area (Å²) >= 11 is 0. The Morgan fingerprint density at radius 3 is 2.74 bits per heavy atom. The average Bonchev–Trinajstić information content (AvgIpc) is 3.84. The van der Waals surface area contributed by atoms with Crippen molar-refractivity contribution in [1.82, 2.24) is 10.6 Å². The number of carbonyl (C=O) groups is 2. The number of ether oxygens (including phenoxy) is 1. The minimum Gasteiger partial charge on any atom is -0.396 e. The van der Waals surface area contributed by atoms with Gasteiger partial charge < -0.3 is 36.4 Å². The summed E-state index contributed by atoms with van der Waals surface area (Å²) < 4.78 is 6.16. The summed E-state index contributed by atoms with van der Waals surface area (Å²) in [6, 6.07) is 5.76. The van der Waals surface area contributed by atoms with Gasteiger partial charge in [0.05, 0.1) is 24.7 Å². The van der Waals surface area contributed by atoms with Crippen molar-refractivity contribution in [2.75, 3.05) is 26.4 Å². The van der Waals surface area contributed by atoms with Crippen molar-refractivity contribution in [2.45, 2.75) is 135 Å². The summed E-state index contributed by atoms with van der Waals surface area (Å²) in [5.74, 6) is 6.30. The molecule has 1 amide bonds. The number of ketones is 1. The van der Waals surface area contributed by atoms with Crippen LogP contribution in [0.5, 0.6) is 0 Å². The number of nitrogens with two attached hydrogens (primary N) is 1. The molecule has 7 N–H and O–H groups in total. The highest BCUT2D eigenvalue weighted by molar-refractivity contribution is 5.97. The van der Waals surface area contributed by atoms with E-state index in [0.29, 0.717) is 56.4 Å². The third kappa shape index (κ3) is 9.70. The topological polar surface area (TPSA) is 154 Å². The summed E-state index contributed by atoms with van der Waals surface area (Å²) in [5, 5.41) is 41.8. The van der Waals surface area contributed by atoms with Crippen LogP contribution >= 0.6 is 0 Å². The number of fused-ring (bicyclic) bond motifs is 1. The van der Waals surface area contributed by atoms with Crippen LogP contribution in [0.1, 0.15) is 121 Å². The fourth-order valence-corrected chi connectivity index (χ4v) is 10.8. The van der Waals surface area contributed by atoms with Crippen molar-refractivity contribution in [3.63, 3.8) is 0 Å². The van der Waals surface area contributed by atoms with E-state index in [1.54, 1.807) is 0 Å². The SMILES string of the molecule is C=C1C=CC=C(C2CCC3(C(CCCO)C(=C(C)C(=O)Cc4cccc5c4CC(=O)NC5N)CCC3(C)O)C2O)COCC#CCC(C)=CCC1NCC1CCCC1. The first-order chi connectivity index (χ1) is 27.9. The quantitative estimate of drug-likeness (QED) is 0.0907. The smallest absolute Gasteiger partial charge is 0.225 e. The van der Waals surface area contributed by atoms with Gasteiger partial charge in [-0.3, -0.25) is 9.59 Å². The van der Waals surface area contributed by atoms with Gasteiger partial charge in [-0.25, -0.2) is 0 Å². The van der Waals surface area contributed by atoms with Crippen LogP contribution in [0.3, 0.4) is 0 Å². The summed E-state index contributed by atoms with van der Waals surface area (Å²) in [4.78, 5) is 26.7. The molecule has 2 aliphatic heterocycles. The monoisotopic (exact) mass is 794 g/mol. The third-order valence-corrected chi connectivity index (χ3v) is 14.2. The van der Waals surface area contributed by atoms with Crippen LogP contribution in [0, 0.1) is 35.0 Å². The number of amides is 1. The summed E-state index contributed by atoms with van der Waals surface area (Å²) in [6.45, 7) is 11.8. The van der Waals surface area contributed by atoms with Crippen LogP contribution in [-0.2, 0) is 27.2 Å². The molecule has 6 rings (SSSR count). The fourth-order valence-electron chi connectivity index (χ4n) is 10.8. The second-order valence-electron chi connectivity index (χ2n) is 17.9. The van der Waals surface area contributed by atoms with Gasteiger partial charge >= 0.3 is 0 Å². The van der Waals surface area contributed by atoms with Gasteiger partial charge in [-0.05, 0) is 130 Å². The van der Waals surface area contributed by atoms with Crippen molar-refractivity contribution in [2.24, 2.45) is 28.9 Å². The van der Waals surface area contributed by atoms with E-state index in [1.807, 2.05) is 38.1 Å². The van der Waals surface area contributed by atoms with E-state index in [4.69, 9.17) is 10.5 Å². The number of allylic oxidation sites excluding steroid dienone is 5. The first kappa shape index (κ1) is 43.9. The molecule has 58 heavy (non-hydrogen) atoms. The number of benzene rings is 1. The lowest BCUT2D eigenvalue weighted by molar-refractivity contribution is -0.167. The molecular formula is C49H67N3O6. The van der Waals surface area contributed by atoms with Gasteiger partial charge in [0.2, 0.25) is 5.91 Å². The molecule has 3 fully saturated rings. The van der Waals surface area contributed by atoms with E-state index in [-0.39, 0.29) is 62.2 Å². The zero-order chi connectivity index (χ0) is 41.5. The maximum Gasteiger partial charge on any atom is 0.225 e. The Labute approximate surface area is 346 Å². The summed E-state index contributed by atoms with van der Waals surface area (Å²) in [7, 11) is 0. The van der Waals surface area contributed by atoms with Crippen LogP contribution < -0.4 is 16.4 Å². The Bertz CT molecular complexity index is 1870. The molecule has 1 aromatic carbocycles. The molecule has 0 bridgehead atoms. The minimum atomic E-state index is -1.23. The van der Waals surface area contributed by atoms with Gasteiger partial charge in [0.25, 0.3) is 0 Å². The van der Waals surface area contributed by atoms with Crippen LogP contribution in [0.2, 0.25) is 0 Å². The molecule has 3 saturated carbocycles. The van der Waals surface area contributed by atoms with E-state index in [9.17, 15) is 24.9 Å². The van der Waals surface area contributed by atoms with E-state index >= 15 is 0 Å². The Balaban J connectivity index is 1.29. The molecule has 7 atom stereocenters. The molecule has 1 aromatic rings. The largest absolute Gasteiger partial charge is 0.396 e. The van der Waals surface area contributed by atoms with Gasteiger partial charge in [0, 0.05) is 36.8 Å². The van der Waals surface area contributed by atoms with Gasteiger partial charge in [0.1, 0.15) is 12.8 Å². The van der Waals surface area contributed by atoms with Gasteiger partial charge in [-0.15, -0.1) is 0 Å². The maximum atomic E-state index is 14.2. The molecule has 3 aliphatic carbocycles. The molecule has 0 saturated heterocycles. The number of rotatable bonds is 10. The van der Waals surface area contributed by atoms with E-state index in [1.165, 1.54) is 31.3 Å². The number of hydrogen-bond donors (Lipinski definition) is 6. The molecule has 0 aromatic heterocycles. The lowest BCUT2D eigenvalue weighted by Gasteiger charge is -2.55. The van der Waals surface area contributed by atoms with Gasteiger partial charge in [-0.1, -0.05) is 84.9 Å².